The molecule has 19 heavy (non-hydrogen) atoms. The molecule has 1 atom stereocenters. The highest BCUT2D eigenvalue weighted by atomic mass is 15.1. The zero-order valence-corrected chi connectivity index (χ0v) is 10.5. The molecule has 3 heterocycles. The zero-order valence-electron chi connectivity index (χ0n) is 10.5. The summed E-state index contributed by atoms with van der Waals surface area (Å²) in [6, 6.07) is 8.70. The van der Waals surface area contributed by atoms with Crippen molar-refractivity contribution in [3.05, 3.63) is 30.6 Å². The molecule has 96 valence electrons. The van der Waals surface area contributed by atoms with Gasteiger partial charge >= 0.3 is 0 Å². The Kier molecular flexibility index (Phi) is 2.38. The number of anilines is 1. The third-order valence-electron chi connectivity index (χ3n) is 3.70. The smallest absolute Gasteiger partial charge is 0.143 e. The number of rotatable bonds is 2. The molecule has 1 aromatic carbocycles. The van der Waals surface area contributed by atoms with Crippen molar-refractivity contribution in [1.29, 1.82) is 0 Å². The second-order valence-electron chi connectivity index (χ2n) is 4.95. The number of H-pyrrole nitrogens is 1. The Bertz CT molecular complexity index is 727. The van der Waals surface area contributed by atoms with E-state index >= 15 is 0 Å². The maximum atomic E-state index is 4.42. The Hall–Kier alpha value is -2.14. The summed E-state index contributed by atoms with van der Waals surface area (Å²) in [6.45, 7) is 2.06. The minimum atomic E-state index is 0.451. The molecule has 1 aliphatic rings. The average Bonchev–Trinajstić information content (AvgIpc) is 3.05. The Morgan fingerprint density at radius 3 is 3.05 bits per heavy atom. The monoisotopic (exact) mass is 253 g/mol. The number of benzene rings is 1. The molecule has 3 aromatic rings. The number of hydrogen-bond acceptors (Lipinski definition) is 4. The van der Waals surface area contributed by atoms with Crippen LogP contribution in [-0.4, -0.2) is 34.1 Å². The normalized spacial score (nSPS) is 19.3. The lowest BCUT2D eigenvalue weighted by molar-refractivity contribution is 0.789. The summed E-state index contributed by atoms with van der Waals surface area (Å²) in [5, 5.41) is 9.15. The third-order valence-corrected chi connectivity index (χ3v) is 3.70. The lowest BCUT2D eigenvalue weighted by atomic mass is 10.2. The number of aromatic nitrogens is 3. The molecule has 1 fully saturated rings. The molecule has 0 unspecified atom stereocenters. The minimum absolute atomic E-state index is 0.451. The van der Waals surface area contributed by atoms with Crippen LogP contribution in [0.25, 0.3) is 21.9 Å². The van der Waals surface area contributed by atoms with E-state index < -0.39 is 0 Å². The molecule has 0 saturated carbocycles. The first-order chi connectivity index (χ1) is 9.42. The number of hydrogen-bond donors (Lipinski definition) is 3. The summed E-state index contributed by atoms with van der Waals surface area (Å²) in [5.41, 5.74) is 2.00. The van der Waals surface area contributed by atoms with Gasteiger partial charge in [0.1, 0.15) is 17.8 Å². The fourth-order valence-electron chi connectivity index (χ4n) is 2.75. The first kappa shape index (κ1) is 10.8. The molecule has 0 bridgehead atoms. The van der Waals surface area contributed by atoms with Crippen LogP contribution in [0.5, 0.6) is 0 Å². The van der Waals surface area contributed by atoms with Crippen molar-refractivity contribution in [2.45, 2.75) is 12.5 Å². The van der Waals surface area contributed by atoms with Crippen molar-refractivity contribution >= 4 is 27.8 Å². The second-order valence-corrected chi connectivity index (χ2v) is 4.95. The molecule has 0 amide bonds. The second kappa shape index (κ2) is 4.20. The van der Waals surface area contributed by atoms with Crippen molar-refractivity contribution in [1.82, 2.24) is 20.3 Å². The van der Waals surface area contributed by atoms with Gasteiger partial charge in [-0.2, -0.15) is 0 Å². The van der Waals surface area contributed by atoms with Gasteiger partial charge in [0.2, 0.25) is 0 Å². The average molecular weight is 253 g/mol. The molecule has 1 aliphatic heterocycles. The van der Waals surface area contributed by atoms with E-state index in [-0.39, 0.29) is 0 Å². The predicted molar refractivity (Wildman–Crippen MR) is 76.3 cm³/mol. The van der Waals surface area contributed by atoms with E-state index in [9.17, 15) is 0 Å². The SMILES string of the molecule is c1ccc2c(c1)[nH]c1ncnc(N[C@@H]3CCNC3)c12. The number of nitrogens with zero attached hydrogens (tertiary/aromatic N) is 2. The molecule has 4 rings (SSSR count). The number of aromatic amines is 1. The van der Waals surface area contributed by atoms with E-state index in [4.69, 9.17) is 0 Å². The van der Waals surface area contributed by atoms with Crippen LogP contribution in [-0.2, 0) is 0 Å². The first-order valence-corrected chi connectivity index (χ1v) is 6.60. The van der Waals surface area contributed by atoms with Gasteiger partial charge < -0.3 is 15.6 Å². The molecule has 5 heteroatoms. The van der Waals surface area contributed by atoms with Gasteiger partial charge in [-0.15, -0.1) is 0 Å². The van der Waals surface area contributed by atoms with Crippen molar-refractivity contribution in [3.8, 4) is 0 Å². The zero-order chi connectivity index (χ0) is 12.7. The summed E-state index contributed by atoms with van der Waals surface area (Å²) in [6.07, 6.45) is 2.75. The van der Waals surface area contributed by atoms with Crippen LogP contribution in [0, 0.1) is 0 Å². The maximum Gasteiger partial charge on any atom is 0.143 e. The molecule has 2 aromatic heterocycles. The summed E-state index contributed by atoms with van der Waals surface area (Å²) in [5.74, 6) is 0.927. The fourth-order valence-corrected chi connectivity index (χ4v) is 2.75. The lowest BCUT2D eigenvalue weighted by Gasteiger charge is -2.12. The Morgan fingerprint density at radius 1 is 1.21 bits per heavy atom. The molecular weight excluding hydrogens is 238 g/mol. The van der Waals surface area contributed by atoms with Gasteiger partial charge in [0, 0.05) is 23.5 Å². The number of fused-ring (bicyclic) bond motifs is 3. The van der Waals surface area contributed by atoms with E-state index in [1.807, 2.05) is 12.1 Å². The van der Waals surface area contributed by atoms with Gasteiger partial charge in [-0.1, -0.05) is 18.2 Å². The summed E-state index contributed by atoms with van der Waals surface area (Å²) < 4.78 is 0. The molecule has 1 saturated heterocycles. The van der Waals surface area contributed by atoms with Gasteiger partial charge in [0.15, 0.2) is 0 Å². The van der Waals surface area contributed by atoms with Crippen molar-refractivity contribution in [2.24, 2.45) is 0 Å². The van der Waals surface area contributed by atoms with Gasteiger partial charge in [-0.3, -0.25) is 0 Å². The minimum Gasteiger partial charge on any atom is -0.365 e. The Labute approximate surface area is 110 Å². The number of para-hydroxylation sites is 1. The molecule has 3 N–H and O–H groups in total. The Morgan fingerprint density at radius 2 is 2.16 bits per heavy atom. The molecule has 0 radical (unpaired) electrons. The molecule has 0 aliphatic carbocycles. The fraction of sp³-hybridized carbons (Fsp3) is 0.286. The third kappa shape index (κ3) is 1.74. The highest BCUT2D eigenvalue weighted by Gasteiger charge is 2.17. The summed E-state index contributed by atoms with van der Waals surface area (Å²) in [4.78, 5) is 12.1. The van der Waals surface area contributed by atoms with E-state index in [0.29, 0.717) is 6.04 Å². The van der Waals surface area contributed by atoms with E-state index in [2.05, 4.69) is 37.7 Å². The van der Waals surface area contributed by atoms with E-state index in [0.717, 1.165) is 41.9 Å². The molecular formula is C14H15N5. The van der Waals surface area contributed by atoms with Gasteiger partial charge in [0.25, 0.3) is 0 Å². The largest absolute Gasteiger partial charge is 0.365 e. The topological polar surface area (TPSA) is 65.6 Å². The molecule has 0 spiro atoms. The Balaban J connectivity index is 1.89. The highest BCUT2D eigenvalue weighted by molar-refractivity contribution is 6.10. The predicted octanol–water partition coefficient (Wildman–Crippen LogP) is 1.88. The van der Waals surface area contributed by atoms with Crippen LogP contribution in [0.4, 0.5) is 5.82 Å². The summed E-state index contributed by atoms with van der Waals surface area (Å²) in [7, 11) is 0. The highest BCUT2D eigenvalue weighted by Crippen LogP contribution is 2.29. The van der Waals surface area contributed by atoms with Crippen LogP contribution >= 0.6 is 0 Å². The standard InChI is InChI=1S/C14H15N5/c1-2-4-11-10(3-1)12-13(16-8-17-14(12)19-11)18-9-5-6-15-7-9/h1-4,8-9,15H,5-7H2,(H2,16,17,18,19)/t9-/m1/s1. The van der Waals surface area contributed by atoms with Crippen molar-refractivity contribution < 1.29 is 0 Å². The number of nitrogens with one attached hydrogen (secondary N) is 3. The van der Waals surface area contributed by atoms with Crippen LogP contribution in [0.15, 0.2) is 30.6 Å². The molecule has 5 nitrogen and oxygen atoms in total. The lowest BCUT2D eigenvalue weighted by Crippen LogP contribution is -2.22. The summed E-state index contributed by atoms with van der Waals surface area (Å²) >= 11 is 0. The van der Waals surface area contributed by atoms with Gasteiger partial charge in [-0.05, 0) is 19.0 Å². The van der Waals surface area contributed by atoms with Crippen LogP contribution in [0.1, 0.15) is 6.42 Å². The van der Waals surface area contributed by atoms with E-state index in [1.165, 1.54) is 5.39 Å². The van der Waals surface area contributed by atoms with E-state index in [1.54, 1.807) is 6.33 Å². The first-order valence-electron chi connectivity index (χ1n) is 6.60. The van der Waals surface area contributed by atoms with Crippen LogP contribution < -0.4 is 10.6 Å². The van der Waals surface area contributed by atoms with Crippen molar-refractivity contribution in [2.75, 3.05) is 18.4 Å². The van der Waals surface area contributed by atoms with Crippen LogP contribution in [0.2, 0.25) is 0 Å². The van der Waals surface area contributed by atoms with Gasteiger partial charge in [-0.25, -0.2) is 9.97 Å². The van der Waals surface area contributed by atoms with Crippen LogP contribution in [0.3, 0.4) is 0 Å². The van der Waals surface area contributed by atoms with Gasteiger partial charge in [0.05, 0.1) is 5.39 Å². The van der Waals surface area contributed by atoms with Crippen molar-refractivity contribution in [3.63, 3.8) is 0 Å². The maximum absolute atomic E-state index is 4.42. The quantitative estimate of drug-likeness (QED) is 0.652.